The summed E-state index contributed by atoms with van der Waals surface area (Å²) in [7, 11) is 0. The fraction of sp³-hybridized carbons (Fsp3) is 0.900. The minimum Gasteiger partial charge on any atom is -0.444 e. The van der Waals surface area contributed by atoms with Gasteiger partial charge in [-0.1, -0.05) is 0 Å². The highest BCUT2D eigenvalue weighted by atomic mass is 16.6. The molecule has 0 heterocycles. The van der Waals surface area contributed by atoms with Crippen molar-refractivity contribution >= 4 is 6.09 Å². The van der Waals surface area contributed by atoms with Crippen molar-refractivity contribution in [2.24, 2.45) is 0 Å². The van der Waals surface area contributed by atoms with E-state index in [9.17, 15) is 4.79 Å². The van der Waals surface area contributed by atoms with E-state index in [1.807, 2.05) is 0 Å². The number of aliphatic hydroxyl groups excluding tert-OH is 2. The van der Waals surface area contributed by atoms with Crippen molar-refractivity contribution in [1.29, 1.82) is 0 Å². The highest BCUT2D eigenvalue weighted by molar-refractivity contribution is 5.68. The highest BCUT2D eigenvalue weighted by Gasteiger charge is 2.18. The Hall–Kier alpha value is -0.810. The van der Waals surface area contributed by atoms with E-state index in [0.717, 1.165) is 0 Å². The zero-order valence-corrected chi connectivity index (χ0v) is 9.62. The number of rotatable bonds is 5. The van der Waals surface area contributed by atoms with Crippen LogP contribution in [-0.4, -0.2) is 41.2 Å². The number of nitrogens with one attached hydrogen (secondary N) is 1. The van der Waals surface area contributed by atoms with Crippen LogP contribution in [0.4, 0.5) is 4.79 Å². The molecule has 3 N–H and O–H groups in total. The summed E-state index contributed by atoms with van der Waals surface area (Å²) in [5, 5.41) is 20.1. The number of hydrogen-bond acceptors (Lipinski definition) is 4. The van der Waals surface area contributed by atoms with Crippen LogP contribution in [-0.2, 0) is 4.74 Å². The summed E-state index contributed by atoms with van der Waals surface area (Å²) >= 11 is 0. The zero-order chi connectivity index (χ0) is 11.9. The van der Waals surface area contributed by atoms with Crippen molar-refractivity contribution < 1.29 is 19.7 Å². The molecule has 15 heavy (non-hydrogen) atoms. The lowest BCUT2D eigenvalue weighted by atomic mass is 10.1. The molecule has 0 rings (SSSR count). The van der Waals surface area contributed by atoms with Crippen molar-refractivity contribution in [3.8, 4) is 0 Å². The van der Waals surface area contributed by atoms with Crippen LogP contribution in [0.25, 0.3) is 0 Å². The van der Waals surface area contributed by atoms with Gasteiger partial charge in [-0.05, 0) is 33.6 Å². The van der Waals surface area contributed by atoms with Crippen molar-refractivity contribution in [3.05, 3.63) is 0 Å². The van der Waals surface area contributed by atoms with Gasteiger partial charge in [0.2, 0.25) is 0 Å². The number of carbonyl (C=O) groups excluding carboxylic acids is 1. The Balaban J connectivity index is 3.99. The maximum absolute atomic E-state index is 11.3. The number of amides is 1. The number of carbonyl (C=O) groups is 1. The first-order chi connectivity index (χ1) is 6.89. The third-order valence-corrected chi connectivity index (χ3v) is 1.68. The van der Waals surface area contributed by atoms with E-state index in [1.165, 1.54) is 0 Å². The van der Waals surface area contributed by atoms with E-state index in [0.29, 0.717) is 12.8 Å². The molecule has 1 amide bonds. The second-order valence-corrected chi connectivity index (χ2v) is 4.37. The molecule has 0 aromatic carbocycles. The van der Waals surface area contributed by atoms with Gasteiger partial charge in [-0.2, -0.15) is 0 Å². The summed E-state index contributed by atoms with van der Waals surface area (Å²) in [4.78, 5) is 11.3. The maximum atomic E-state index is 11.3. The summed E-state index contributed by atoms with van der Waals surface area (Å²) in [6.07, 6.45) is 0.314. The lowest BCUT2D eigenvalue weighted by Crippen LogP contribution is -2.40. The number of alkyl carbamates (subject to hydrolysis) is 1. The van der Waals surface area contributed by atoms with E-state index in [4.69, 9.17) is 14.9 Å². The average molecular weight is 219 g/mol. The minimum absolute atomic E-state index is 0.0273. The van der Waals surface area contributed by atoms with Gasteiger partial charge >= 0.3 is 6.09 Å². The van der Waals surface area contributed by atoms with E-state index in [2.05, 4.69) is 5.32 Å². The van der Waals surface area contributed by atoms with Crippen LogP contribution in [0.3, 0.4) is 0 Å². The fourth-order valence-corrected chi connectivity index (χ4v) is 1.07. The summed E-state index contributed by atoms with van der Waals surface area (Å²) in [6, 6.07) is -0.241. The van der Waals surface area contributed by atoms with Crippen molar-refractivity contribution in [2.75, 3.05) is 13.2 Å². The van der Waals surface area contributed by atoms with Gasteiger partial charge in [-0.15, -0.1) is 0 Å². The van der Waals surface area contributed by atoms with Crippen LogP contribution in [0.1, 0.15) is 33.6 Å². The van der Waals surface area contributed by atoms with Gasteiger partial charge in [0.25, 0.3) is 0 Å². The molecule has 0 aromatic heterocycles. The molecule has 0 saturated heterocycles. The number of ether oxygens (including phenoxy) is 1. The van der Waals surface area contributed by atoms with Crippen molar-refractivity contribution in [3.63, 3.8) is 0 Å². The number of aliphatic hydroxyl groups is 2. The van der Waals surface area contributed by atoms with Gasteiger partial charge < -0.3 is 20.3 Å². The Kier molecular flexibility index (Phi) is 6.27. The molecule has 0 unspecified atom stereocenters. The lowest BCUT2D eigenvalue weighted by Gasteiger charge is -2.23. The second-order valence-electron chi connectivity index (χ2n) is 4.37. The topological polar surface area (TPSA) is 78.8 Å². The van der Waals surface area contributed by atoms with Gasteiger partial charge in [0.15, 0.2) is 0 Å². The van der Waals surface area contributed by atoms with Gasteiger partial charge in [0, 0.05) is 19.3 Å². The molecule has 0 aliphatic rings. The van der Waals surface area contributed by atoms with E-state index >= 15 is 0 Å². The Labute approximate surface area is 90.4 Å². The standard InChI is InChI=1S/C10H21NO4/c1-10(2,3)15-9(14)11-8(4-6-12)5-7-13/h8,12-13H,4-7H2,1-3H3,(H,11,14). The Morgan fingerprint density at radius 3 is 2.07 bits per heavy atom. The largest absolute Gasteiger partial charge is 0.444 e. The van der Waals surface area contributed by atoms with E-state index in [-0.39, 0.29) is 19.3 Å². The predicted octanol–water partition coefficient (Wildman–Crippen LogP) is 0.644. The molecule has 90 valence electrons. The van der Waals surface area contributed by atoms with Crippen LogP contribution < -0.4 is 5.32 Å². The smallest absolute Gasteiger partial charge is 0.407 e. The Morgan fingerprint density at radius 2 is 1.73 bits per heavy atom. The van der Waals surface area contributed by atoms with Crippen molar-refractivity contribution in [2.45, 2.75) is 45.3 Å². The quantitative estimate of drug-likeness (QED) is 0.634. The minimum atomic E-state index is -0.535. The molecular weight excluding hydrogens is 198 g/mol. The molecule has 5 nitrogen and oxygen atoms in total. The van der Waals surface area contributed by atoms with Crippen LogP contribution >= 0.6 is 0 Å². The van der Waals surface area contributed by atoms with Crippen LogP contribution in [0, 0.1) is 0 Å². The third kappa shape index (κ3) is 8.20. The van der Waals surface area contributed by atoms with E-state index < -0.39 is 11.7 Å². The van der Waals surface area contributed by atoms with Gasteiger partial charge in [0.05, 0.1) is 0 Å². The first-order valence-electron chi connectivity index (χ1n) is 5.10. The molecule has 0 bridgehead atoms. The molecule has 0 aromatic rings. The molecular formula is C10H21NO4. The van der Waals surface area contributed by atoms with Gasteiger partial charge in [-0.3, -0.25) is 0 Å². The summed E-state index contributed by atoms with van der Waals surface area (Å²) in [5.74, 6) is 0. The normalized spacial score (nSPS) is 11.6. The third-order valence-electron chi connectivity index (χ3n) is 1.68. The zero-order valence-electron chi connectivity index (χ0n) is 9.62. The van der Waals surface area contributed by atoms with Gasteiger partial charge in [-0.25, -0.2) is 4.79 Å². The summed E-state index contributed by atoms with van der Waals surface area (Å²) in [6.45, 7) is 5.28. The SMILES string of the molecule is CC(C)(C)OC(=O)NC(CCO)CCO. The Morgan fingerprint density at radius 1 is 1.27 bits per heavy atom. The molecule has 0 atom stereocenters. The molecule has 0 aliphatic carbocycles. The van der Waals surface area contributed by atoms with E-state index in [1.54, 1.807) is 20.8 Å². The predicted molar refractivity (Wildman–Crippen MR) is 56.6 cm³/mol. The van der Waals surface area contributed by atoms with Gasteiger partial charge in [0.1, 0.15) is 5.60 Å². The second kappa shape index (κ2) is 6.63. The highest BCUT2D eigenvalue weighted by Crippen LogP contribution is 2.07. The fourth-order valence-electron chi connectivity index (χ4n) is 1.07. The van der Waals surface area contributed by atoms with Crippen molar-refractivity contribution in [1.82, 2.24) is 5.32 Å². The monoisotopic (exact) mass is 219 g/mol. The van der Waals surface area contributed by atoms with Crippen LogP contribution in [0.15, 0.2) is 0 Å². The average Bonchev–Trinajstić information content (AvgIpc) is 2.00. The lowest BCUT2D eigenvalue weighted by molar-refractivity contribution is 0.0489. The molecule has 0 aliphatic heterocycles. The first-order valence-corrected chi connectivity index (χ1v) is 5.10. The molecule has 0 saturated carbocycles. The summed E-state index contributed by atoms with van der Waals surface area (Å²) in [5.41, 5.74) is -0.535. The van der Waals surface area contributed by atoms with Crippen LogP contribution in [0.2, 0.25) is 0 Å². The maximum Gasteiger partial charge on any atom is 0.407 e. The van der Waals surface area contributed by atoms with Crippen LogP contribution in [0.5, 0.6) is 0 Å². The molecule has 0 fully saturated rings. The first kappa shape index (κ1) is 14.2. The number of hydrogen-bond donors (Lipinski definition) is 3. The Bertz CT molecular complexity index is 182. The molecule has 5 heteroatoms. The summed E-state index contributed by atoms with van der Waals surface area (Å²) < 4.78 is 5.05. The molecule has 0 spiro atoms. The molecule has 0 radical (unpaired) electrons.